The van der Waals surface area contributed by atoms with Crippen molar-refractivity contribution >= 4 is 24.1 Å². The van der Waals surface area contributed by atoms with E-state index in [4.69, 9.17) is 9.47 Å². The van der Waals surface area contributed by atoms with Gasteiger partial charge in [0.15, 0.2) is 0 Å². The molecule has 0 spiro atoms. The van der Waals surface area contributed by atoms with E-state index >= 15 is 0 Å². The van der Waals surface area contributed by atoms with Gasteiger partial charge in [0.25, 0.3) is 0 Å². The van der Waals surface area contributed by atoms with Crippen molar-refractivity contribution in [3.05, 3.63) is 144 Å². The first-order valence-electron chi connectivity index (χ1n) is 20.3. The Morgan fingerprint density at radius 3 is 1.07 bits per heavy atom. The highest BCUT2D eigenvalue weighted by molar-refractivity contribution is 5.80. The number of alkyl carbamates (subject to hydrolysis) is 2. The number of carbonyl (C=O) groups excluding carboxylic acids is 2. The van der Waals surface area contributed by atoms with Crippen LogP contribution in [-0.4, -0.2) is 59.6 Å². The molecule has 10 nitrogen and oxygen atoms in total. The van der Waals surface area contributed by atoms with Gasteiger partial charge in [0.05, 0.1) is 11.8 Å². The third-order valence-corrected chi connectivity index (χ3v) is 11.8. The summed E-state index contributed by atoms with van der Waals surface area (Å²) in [5, 5.41) is 24.7. The summed E-state index contributed by atoms with van der Waals surface area (Å²) >= 11 is 0. The van der Waals surface area contributed by atoms with Gasteiger partial charge in [0.2, 0.25) is 0 Å². The molecule has 2 amide bonds. The fourth-order valence-electron chi connectivity index (χ4n) is 8.90. The molecule has 0 radical (unpaired) electrons. The van der Waals surface area contributed by atoms with Crippen molar-refractivity contribution in [2.24, 2.45) is 11.8 Å². The van der Waals surface area contributed by atoms with Gasteiger partial charge >= 0.3 is 24.1 Å². The lowest BCUT2D eigenvalue weighted by molar-refractivity contribution is -0.144. The molecule has 0 unspecified atom stereocenters. The van der Waals surface area contributed by atoms with Crippen molar-refractivity contribution in [2.75, 3.05) is 13.2 Å². The molecular formula is C48H50N2O8. The van der Waals surface area contributed by atoms with E-state index in [1.165, 1.54) is 22.3 Å². The summed E-state index contributed by atoms with van der Waals surface area (Å²) < 4.78 is 11.2. The van der Waals surface area contributed by atoms with Gasteiger partial charge in [-0.15, -0.1) is 0 Å². The van der Waals surface area contributed by atoms with Gasteiger partial charge in [-0.2, -0.15) is 0 Å². The smallest absolute Gasteiger partial charge is 0.407 e. The lowest BCUT2D eigenvalue weighted by Gasteiger charge is -2.26. The van der Waals surface area contributed by atoms with E-state index in [-0.39, 0.29) is 25.0 Å². The van der Waals surface area contributed by atoms with Crippen LogP contribution in [0.3, 0.4) is 0 Å². The van der Waals surface area contributed by atoms with Crippen molar-refractivity contribution in [1.29, 1.82) is 0 Å². The van der Waals surface area contributed by atoms with Gasteiger partial charge < -0.3 is 30.3 Å². The quantitative estimate of drug-likeness (QED) is 0.129. The van der Waals surface area contributed by atoms with Crippen LogP contribution in [0.25, 0.3) is 22.3 Å². The highest BCUT2D eigenvalue weighted by atomic mass is 16.6. The molecule has 4 atom stereocenters. The highest BCUT2D eigenvalue weighted by Crippen LogP contribution is 2.45. The second kappa shape index (κ2) is 18.9. The van der Waals surface area contributed by atoms with Crippen molar-refractivity contribution in [2.45, 2.75) is 75.3 Å². The van der Waals surface area contributed by atoms with Crippen molar-refractivity contribution < 1.29 is 38.9 Å². The SMILES string of the molecule is O=C(N[C@@H]1CC/C=C\CC[C@@H]1C(=O)O)OCC1c2ccccc2-c2ccccc21.O=C(N[C@H]1CC/C=C\CC[C@H]1C(=O)O)OCC1c2ccccc2-c2ccccc21. The molecule has 300 valence electrons. The normalized spacial score (nSPS) is 21.9. The van der Waals surface area contributed by atoms with E-state index in [0.29, 0.717) is 38.5 Å². The van der Waals surface area contributed by atoms with Gasteiger partial charge in [-0.05, 0) is 95.9 Å². The van der Waals surface area contributed by atoms with E-state index in [0.717, 1.165) is 35.1 Å². The molecule has 8 rings (SSSR count). The molecule has 0 fully saturated rings. The Hall–Kier alpha value is -6.16. The fraction of sp³-hybridized carbons (Fsp3) is 0.333. The molecule has 0 heterocycles. The second-order valence-corrected chi connectivity index (χ2v) is 15.3. The number of carboxylic acid groups (broad SMARTS) is 2. The van der Waals surface area contributed by atoms with Crippen LogP contribution < -0.4 is 10.6 Å². The first kappa shape index (κ1) is 40.1. The van der Waals surface area contributed by atoms with Crippen LogP contribution in [0.2, 0.25) is 0 Å². The minimum Gasteiger partial charge on any atom is -0.481 e. The number of aliphatic carboxylic acids is 2. The molecule has 0 aliphatic heterocycles. The van der Waals surface area contributed by atoms with Crippen molar-refractivity contribution in [3.8, 4) is 22.3 Å². The zero-order valence-electron chi connectivity index (χ0n) is 32.4. The Labute approximate surface area is 339 Å². The summed E-state index contributed by atoms with van der Waals surface area (Å²) in [4.78, 5) is 48.3. The maximum Gasteiger partial charge on any atom is 0.407 e. The molecule has 0 saturated carbocycles. The van der Waals surface area contributed by atoms with Crippen molar-refractivity contribution in [1.82, 2.24) is 10.6 Å². The summed E-state index contributed by atoms with van der Waals surface area (Å²) in [5.41, 5.74) is 9.32. The molecule has 0 saturated heterocycles. The predicted octanol–water partition coefficient (Wildman–Crippen LogP) is 9.45. The Balaban J connectivity index is 0.000000177. The number of hydrogen-bond acceptors (Lipinski definition) is 6. The van der Waals surface area contributed by atoms with E-state index in [1.54, 1.807) is 0 Å². The average Bonchev–Trinajstić information content (AvgIpc) is 3.70. The summed E-state index contributed by atoms with van der Waals surface area (Å²) in [7, 11) is 0. The predicted molar refractivity (Wildman–Crippen MR) is 221 cm³/mol. The fourth-order valence-corrected chi connectivity index (χ4v) is 8.90. The average molecular weight is 783 g/mol. The first-order chi connectivity index (χ1) is 28.3. The number of ether oxygens (including phenoxy) is 2. The lowest BCUT2D eigenvalue weighted by atomic mass is 9.89. The molecule has 4 aromatic rings. The maximum absolute atomic E-state index is 12.5. The third kappa shape index (κ3) is 9.17. The van der Waals surface area contributed by atoms with E-state index < -0.39 is 48.0 Å². The van der Waals surface area contributed by atoms with Crippen LogP contribution in [0.15, 0.2) is 121 Å². The summed E-state index contributed by atoms with van der Waals surface area (Å²) in [6.07, 6.45) is 12.2. The van der Waals surface area contributed by atoms with Gasteiger partial charge in [0, 0.05) is 23.9 Å². The molecule has 4 N–H and O–H groups in total. The molecule has 4 aliphatic rings. The minimum absolute atomic E-state index is 0.0105. The van der Waals surface area contributed by atoms with Gasteiger partial charge in [-0.1, -0.05) is 121 Å². The number of amides is 2. The molecular weight excluding hydrogens is 733 g/mol. The van der Waals surface area contributed by atoms with Gasteiger partial charge in [-0.25, -0.2) is 9.59 Å². The van der Waals surface area contributed by atoms with E-state index in [2.05, 4.69) is 59.2 Å². The number of carbonyl (C=O) groups is 4. The molecule has 4 aromatic carbocycles. The van der Waals surface area contributed by atoms with Crippen LogP contribution in [0.5, 0.6) is 0 Å². The van der Waals surface area contributed by atoms with Crippen LogP contribution in [0.1, 0.15) is 85.5 Å². The highest BCUT2D eigenvalue weighted by Gasteiger charge is 2.34. The largest absolute Gasteiger partial charge is 0.481 e. The number of allylic oxidation sites excluding steroid dienone is 4. The van der Waals surface area contributed by atoms with Crippen LogP contribution in [0.4, 0.5) is 9.59 Å². The molecule has 0 bridgehead atoms. The Morgan fingerprint density at radius 1 is 0.466 bits per heavy atom. The van der Waals surface area contributed by atoms with E-state index in [9.17, 15) is 29.4 Å². The molecule has 58 heavy (non-hydrogen) atoms. The zero-order valence-corrected chi connectivity index (χ0v) is 32.4. The molecule has 0 aromatic heterocycles. The Morgan fingerprint density at radius 2 is 0.759 bits per heavy atom. The number of rotatable bonds is 8. The van der Waals surface area contributed by atoms with E-state index in [1.807, 2.05) is 72.8 Å². The first-order valence-corrected chi connectivity index (χ1v) is 20.3. The van der Waals surface area contributed by atoms with Gasteiger partial charge in [0.1, 0.15) is 13.2 Å². The second-order valence-electron chi connectivity index (χ2n) is 15.3. The van der Waals surface area contributed by atoms with Gasteiger partial charge in [-0.3, -0.25) is 9.59 Å². The number of carboxylic acids is 2. The number of nitrogens with one attached hydrogen (secondary N) is 2. The monoisotopic (exact) mass is 782 g/mol. The van der Waals surface area contributed by atoms with Crippen molar-refractivity contribution in [3.63, 3.8) is 0 Å². The zero-order chi connectivity index (χ0) is 40.4. The summed E-state index contributed by atoms with van der Waals surface area (Å²) in [6, 6.07) is 31.9. The minimum atomic E-state index is -0.871. The topological polar surface area (TPSA) is 151 Å². The Kier molecular flexibility index (Phi) is 13.0. The standard InChI is InChI=1S/2C24H25NO4/c2*26-23(27)20-13-3-1-2-4-14-22(20)25-24(28)29-15-21-18-11-7-5-9-16(18)17-10-6-8-12-19(17)21/h2*1-2,5-12,20-22H,3-4,13-15H2,(H,25,28)(H,26,27)/b2*2-1-/t2*20-,22+/m10/s1. The maximum atomic E-state index is 12.5. The molecule has 4 aliphatic carbocycles. The lowest BCUT2D eigenvalue weighted by Crippen LogP contribution is -2.44. The van der Waals surface area contributed by atoms with Crippen LogP contribution in [-0.2, 0) is 19.1 Å². The number of benzene rings is 4. The molecule has 10 heteroatoms. The summed E-state index contributed by atoms with van der Waals surface area (Å²) in [6.45, 7) is 0.453. The number of fused-ring (bicyclic) bond motifs is 6. The summed E-state index contributed by atoms with van der Waals surface area (Å²) in [5.74, 6) is -2.96. The Bertz CT molecular complexity index is 1930. The third-order valence-electron chi connectivity index (χ3n) is 11.8. The van der Waals surface area contributed by atoms with Crippen LogP contribution >= 0.6 is 0 Å². The van der Waals surface area contributed by atoms with Crippen LogP contribution in [0, 0.1) is 11.8 Å². The number of hydrogen-bond donors (Lipinski definition) is 4.